The van der Waals surface area contributed by atoms with Crippen molar-refractivity contribution in [2.24, 2.45) is 0 Å². The molecule has 0 aliphatic carbocycles. The van der Waals surface area contributed by atoms with Crippen molar-refractivity contribution in [3.8, 4) is 5.75 Å². The Balaban J connectivity index is 3.11. The van der Waals surface area contributed by atoms with Crippen LogP contribution < -0.4 is 4.74 Å². The lowest BCUT2D eigenvalue weighted by Crippen LogP contribution is -2.49. The number of hydrogen-bond donors (Lipinski definition) is 2. The molecule has 146 valence electrons. The van der Waals surface area contributed by atoms with Crippen LogP contribution in [0.15, 0.2) is 36.9 Å². The second kappa shape index (κ2) is 10.2. The van der Waals surface area contributed by atoms with Gasteiger partial charge in [-0.15, -0.1) is 6.58 Å². The number of carbonyl (C=O) groups excluding carboxylic acids is 1. The third kappa shape index (κ3) is 7.06. The van der Waals surface area contributed by atoms with E-state index in [1.165, 1.54) is 4.90 Å². The summed E-state index contributed by atoms with van der Waals surface area (Å²) in [5.74, 6) is 0.719. The molecule has 0 heterocycles. The van der Waals surface area contributed by atoms with Crippen LogP contribution in [0.2, 0.25) is 0 Å². The second-order valence-corrected chi connectivity index (χ2v) is 7.14. The average Bonchev–Trinajstić information content (AvgIpc) is 2.59. The number of ether oxygens (including phenoxy) is 2. The van der Waals surface area contributed by atoms with E-state index in [-0.39, 0.29) is 6.54 Å². The van der Waals surface area contributed by atoms with Crippen molar-refractivity contribution in [2.45, 2.75) is 57.9 Å². The number of aliphatic hydroxyl groups is 2. The third-order valence-electron chi connectivity index (χ3n) is 3.84. The Hall–Kier alpha value is -2.05. The number of methoxy groups -OCH3 is 1. The summed E-state index contributed by atoms with van der Waals surface area (Å²) in [5, 5.41) is 19.7. The van der Waals surface area contributed by atoms with Crippen molar-refractivity contribution in [3.63, 3.8) is 0 Å². The molecule has 1 rings (SSSR count). The molecule has 0 spiro atoms. The Bertz CT molecular complexity index is 565. The Labute approximate surface area is 156 Å². The fourth-order valence-electron chi connectivity index (χ4n) is 2.53. The molecule has 0 aromatic heterocycles. The molecule has 0 radical (unpaired) electrons. The van der Waals surface area contributed by atoms with Gasteiger partial charge in [0.1, 0.15) is 11.4 Å². The summed E-state index contributed by atoms with van der Waals surface area (Å²) in [6.07, 6.45) is 1.19. The fraction of sp³-hybridized carbons (Fsp3) is 0.550. The predicted octanol–water partition coefficient (Wildman–Crippen LogP) is 3.12. The van der Waals surface area contributed by atoms with Gasteiger partial charge < -0.3 is 19.7 Å². The molecule has 6 heteroatoms. The molecular weight excluding hydrogens is 334 g/mol. The third-order valence-corrected chi connectivity index (χ3v) is 3.84. The van der Waals surface area contributed by atoms with Crippen LogP contribution in [-0.2, 0) is 11.3 Å². The highest BCUT2D eigenvalue weighted by Gasteiger charge is 2.32. The van der Waals surface area contributed by atoms with Crippen LogP contribution in [0.4, 0.5) is 4.79 Å². The van der Waals surface area contributed by atoms with Crippen LogP contribution in [0.3, 0.4) is 0 Å². The van der Waals surface area contributed by atoms with Gasteiger partial charge in [0.2, 0.25) is 0 Å². The lowest BCUT2D eigenvalue weighted by molar-refractivity contribution is -0.0229. The van der Waals surface area contributed by atoms with Gasteiger partial charge in [0.25, 0.3) is 0 Å². The number of carbonyl (C=O) groups is 1. The summed E-state index contributed by atoms with van der Waals surface area (Å²) in [7, 11) is 1.59. The molecule has 6 nitrogen and oxygen atoms in total. The Morgan fingerprint density at radius 2 is 1.92 bits per heavy atom. The van der Waals surface area contributed by atoms with Crippen molar-refractivity contribution >= 4 is 6.09 Å². The van der Waals surface area contributed by atoms with E-state index in [1.807, 2.05) is 24.3 Å². The maximum Gasteiger partial charge on any atom is 0.410 e. The zero-order valence-corrected chi connectivity index (χ0v) is 16.1. The van der Waals surface area contributed by atoms with Crippen molar-refractivity contribution in [1.29, 1.82) is 0 Å². The smallest absolute Gasteiger partial charge is 0.410 e. The minimum Gasteiger partial charge on any atom is -0.497 e. The molecule has 2 atom stereocenters. The van der Waals surface area contributed by atoms with Gasteiger partial charge in [-0.05, 0) is 51.3 Å². The number of rotatable bonds is 9. The molecule has 1 amide bonds. The van der Waals surface area contributed by atoms with Crippen LogP contribution in [0.25, 0.3) is 0 Å². The van der Waals surface area contributed by atoms with Gasteiger partial charge in [0.05, 0.1) is 25.9 Å². The van der Waals surface area contributed by atoms with E-state index in [2.05, 4.69) is 6.58 Å². The number of hydrogen-bond acceptors (Lipinski definition) is 5. The standard InChI is InChI=1S/C20H31NO5/c1-6-7-8-17(18(23)14-22)21(19(24)26-20(2,3)4)13-15-9-11-16(25-5)12-10-15/h6,9-12,17-18,22-23H,1,7-8,13-14H2,2-5H3/t17-,18+/m0/s1. The van der Waals surface area contributed by atoms with Crippen LogP contribution in [-0.4, -0.2) is 52.7 Å². The first kappa shape index (κ1) is 22.0. The summed E-state index contributed by atoms with van der Waals surface area (Å²) in [6.45, 7) is 8.87. The monoisotopic (exact) mass is 365 g/mol. The summed E-state index contributed by atoms with van der Waals surface area (Å²) in [5.41, 5.74) is 0.202. The Kier molecular flexibility index (Phi) is 8.61. The molecule has 1 aromatic rings. The second-order valence-electron chi connectivity index (χ2n) is 7.14. The predicted molar refractivity (Wildman–Crippen MR) is 101 cm³/mol. The van der Waals surface area contributed by atoms with Crippen LogP contribution in [0.1, 0.15) is 39.2 Å². The van der Waals surface area contributed by atoms with E-state index >= 15 is 0 Å². The lowest BCUT2D eigenvalue weighted by atomic mass is 10.0. The Morgan fingerprint density at radius 1 is 1.31 bits per heavy atom. The largest absolute Gasteiger partial charge is 0.497 e. The number of amides is 1. The van der Waals surface area contributed by atoms with Crippen molar-refractivity contribution < 1.29 is 24.5 Å². The molecular formula is C20H31NO5. The highest BCUT2D eigenvalue weighted by Crippen LogP contribution is 2.21. The van der Waals surface area contributed by atoms with E-state index in [4.69, 9.17) is 9.47 Å². The SMILES string of the molecule is C=CCC[C@@H]([C@H](O)CO)N(Cc1ccc(OC)cc1)C(=O)OC(C)(C)C. The van der Waals surface area contributed by atoms with Crippen molar-refractivity contribution in [2.75, 3.05) is 13.7 Å². The van der Waals surface area contributed by atoms with Gasteiger partial charge in [0.15, 0.2) is 0 Å². The highest BCUT2D eigenvalue weighted by atomic mass is 16.6. The van der Waals surface area contributed by atoms with Crippen LogP contribution in [0.5, 0.6) is 5.75 Å². The van der Waals surface area contributed by atoms with Gasteiger partial charge >= 0.3 is 6.09 Å². The first-order valence-electron chi connectivity index (χ1n) is 8.74. The number of benzene rings is 1. The van der Waals surface area contributed by atoms with Crippen LogP contribution in [0, 0.1) is 0 Å². The fourth-order valence-corrected chi connectivity index (χ4v) is 2.53. The van der Waals surface area contributed by atoms with Gasteiger partial charge in [-0.25, -0.2) is 4.79 Å². The van der Waals surface area contributed by atoms with E-state index < -0.39 is 30.4 Å². The maximum absolute atomic E-state index is 12.8. The highest BCUT2D eigenvalue weighted by molar-refractivity contribution is 5.68. The first-order chi connectivity index (χ1) is 12.2. The number of nitrogens with zero attached hydrogens (tertiary/aromatic N) is 1. The zero-order chi connectivity index (χ0) is 19.7. The van der Waals surface area contributed by atoms with E-state index in [9.17, 15) is 15.0 Å². The molecule has 0 saturated carbocycles. The molecule has 1 aromatic carbocycles. The summed E-state index contributed by atoms with van der Waals surface area (Å²) >= 11 is 0. The lowest BCUT2D eigenvalue weighted by Gasteiger charge is -2.35. The molecule has 0 aliphatic heterocycles. The Morgan fingerprint density at radius 3 is 2.38 bits per heavy atom. The summed E-state index contributed by atoms with van der Waals surface area (Å²) in [4.78, 5) is 14.2. The molecule has 0 fully saturated rings. The maximum atomic E-state index is 12.8. The van der Waals surface area contributed by atoms with Crippen molar-refractivity contribution in [3.05, 3.63) is 42.5 Å². The van der Waals surface area contributed by atoms with E-state index in [0.717, 1.165) is 11.3 Å². The molecule has 0 unspecified atom stereocenters. The average molecular weight is 365 g/mol. The van der Waals surface area contributed by atoms with E-state index in [1.54, 1.807) is 34.0 Å². The summed E-state index contributed by atoms with van der Waals surface area (Å²) in [6, 6.07) is 6.74. The van der Waals surface area contributed by atoms with Gasteiger partial charge in [-0.1, -0.05) is 18.2 Å². The van der Waals surface area contributed by atoms with Gasteiger partial charge in [-0.2, -0.15) is 0 Å². The van der Waals surface area contributed by atoms with E-state index in [0.29, 0.717) is 12.8 Å². The molecule has 26 heavy (non-hydrogen) atoms. The number of aliphatic hydroxyl groups excluding tert-OH is 2. The number of allylic oxidation sites excluding steroid dienone is 1. The minimum absolute atomic E-state index is 0.248. The normalized spacial score (nSPS) is 13.6. The molecule has 0 saturated heterocycles. The van der Waals surface area contributed by atoms with Gasteiger partial charge in [-0.3, -0.25) is 4.90 Å². The molecule has 0 aliphatic rings. The minimum atomic E-state index is -1.07. The molecule has 2 N–H and O–H groups in total. The van der Waals surface area contributed by atoms with Crippen molar-refractivity contribution in [1.82, 2.24) is 4.90 Å². The molecule has 0 bridgehead atoms. The van der Waals surface area contributed by atoms with Crippen LogP contribution >= 0.6 is 0 Å². The topological polar surface area (TPSA) is 79.2 Å². The van der Waals surface area contributed by atoms with Gasteiger partial charge in [0, 0.05) is 6.54 Å². The zero-order valence-electron chi connectivity index (χ0n) is 16.1. The first-order valence-corrected chi connectivity index (χ1v) is 8.74. The quantitative estimate of drug-likeness (QED) is 0.657. The summed E-state index contributed by atoms with van der Waals surface area (Å²) < 4.78 is 10.7.